The number of nitrogens with two attached hydrogens (primary N) is 1. The molecule has 0 aromatic carbocycles. The Morgan fingerprint density at radius 1 is 1.57 bits per heavy atom. The van der Waals surface area contributed by atoms with Gasteiger partial charge in [-0.1, -0.05) is 6.92 Å². The predicted octanol–water partition coefficient (Wildman–Crippen LogP) is 0.465. The summed E-state index contributed by atoms with van der Waals surface area (Å²) in [5.41, 5.74) is 5.52. The highest BCUT2D eigenvalue weighted by Gasteiger charge is 2.22. The van der Waals surface area contributed by atoms with E-state index < -0.39 is 0 Å². The van der Waals surface area contributed by atoms with Gasteiger partial charge in [-0.25, -0.2) is 0 Å². The summed E-state index contributed by atoms with van der Waals surface area (Å²) < 4.78 is 5.00. The average molecular weight is 202 g/mol. The van der Waals surface area contributed by atoms with E-state index in [-0.39, 0.29) is 17.9 Å². The van der Waals surface area contributed by atoms with E-state index in [9.17, 15) is 4.79 Å². The van der Waals surface area contributed by atoms with Crippen LogP contribution in [0.4, 0.5) is 0 Å². The summed E-state index contributed by atoms with van der Waals surface area (Å²) in [5.74, 6) is 0.0545. The maximum Gasteiger partial charge on any atom is 0.227 e. The van der Waals surface area contributed by atoms with Gasteiger partial charge in [-0.15, -0.1) is 0 Å². The molecule has 0 fully saturated rings. The van der Waals surface area contributed by atoms with Gasteiger partial charge in [-0.3, -0.25) is 4.79 Å². The van der Waals surface area contributed by atoms with Gasteiger partial charge in [0.05, 0.1) is 18.6 Å². The number of carbonyl (C=O) groups is 1. The molecule has 2 unspecified atom stereocenters. The molecule has 0 heterocycles. The van der Waals surface area contributed by atoms with Crippen molar-refractivity contribution in [3.05, 3.63) is 0 Å². The number of hydrogen-bond donors (Lipinski definition) is 1. The zero-order valence-electron chi connectivity index (χ0n) is 9.62. The van der Waals surface area contributed by atoms with E-state index in [1.54, 1.807) is 19.1 Å². The average Bonchev–Trinajstić information content (AvgIpc) is 2.18. The molecule has 0 saturated carbocycles. The van der Waals surface area contributed by atoms with Gasteiger partial charge in [0.15, 0.2) is 0 Å². The van der Waals surface area contributed by atoms with Crippen LogP contribution >= 0.6 is 0 Å². The first-order valence-corrected chi connectivity index (χ1v) is 5.04. The van der Waals surface area contributed by atoms with Crippen molar-refractivity contribution in [2.75, 3.05) is 27.3 Å². The fraction of sp³-hybridized carbons (Fsp3) is 0.900. The number of nitrogens with zero attached hydrogens (tertiary/aromatic N) is 1. The quantitative estimate of drug-likeness (QED) is 0.681. The highest BCUT2D eigenvalue weighted by atomic mass is 16.5. The molecule has 1 amide bonds. The Kier molecular flexibility index (Phi) is 6.49. The largest absolute Gasteiger partial charge is 0.383 e. The van der Waals surface area contributed by atoms with Crippen molar-refractivity contribution in [3.63, 3.8) is 0 Å². The zero-order chi connectivity index (χ0) is 11.1. The van der Waals surface area contributed by atoms with Crippen LogP contribution in [-0.2, 0) is 9.53 Å². The summed E-state index contributed by atoms with van der Waals surface area (Å²) in [6, 6.07) is 0.105. The van der Waals surface area contributed by atoms with Gasteiger partial charge in [-0.2, -0.15) is 0 Å². The molecule has 2 atom stereocenters. The Bertz CT molecular complexity index is 170. The summed E-state index contributed by atoms with van der Waals surface area (Å²) in [6.45, 7) is 4.91. The van der Waals surface area contributed by atoms with Gasteiger partial charge < -0.3 is 15.4 Å². The van der Waals surface area contributed by atoms with Crippen molar-refractivity contribution < 1.29 is 9.53 Å². The Balaban J connectivity index is 4.21. The monoisotopic (exact) mass is 202 g/mol. The van der Waals surface area contributed by atoms with E-state index >= 15 is 0 Å². The number of amides is 1. The second kappa shape index (κ2) is 6.79. The molecule has 0 bridgehead atoms. The van der Waals surface area contributed by atoms with E-state index in [4.69, 9.17) is 10.5 Å². The van der Waals surface area contributed by atoms with Crippen molar-refractivity contribution >= 4 is 5.91 Å². The molecule has 0 aromatic heterocycles. The van der Waals surface area contributed by atoms with Crippen LogP contribution in [-0.4, -0.2) is 44.2 Å². The molecule has 84 valence electrons. The maximum atomic E-state index is 11.8. The highest BCUT2D eigenvalue weighted by Crippen LogP contribution is 2.07. The van der Waals surface area contributed by atoms with Crippen LogP contribution in [0, 0.1) is 5.92 Å². The Morgan fingerprint density at radius 3 is 2.50 bits per heavy atom. The molecular weight excluding hydrogens is 180 g/mol. The number of carbonyl (C=O) groups excluding carboxylic acids is 1. The second-order valence-corrected chi connectivity index (χ2v) is 3.59. The first kappa shape index (κ1) is 13.4. The lowest BCUT2D eigenvalue weighted by molar-refractivity contribution is -0.136. The van der Waals surface area contributed by atoms with Gasteiger partial charge in [0.1, 0.15) is 0 Å². The van der Waals surface area contributed by atoms with Gasteiger partial charge in [-0.05, 0) is 13.3 Å². The number of rotatable bonds is 6. The molecule has 14 heavy (non-hydrogen) atoms. The van der Waals surface area contributed by atoms with Crippen molar-refractivity contribution in [1.29, 1.82) is 0 Å². The summed E-state index contributed by atoms with van der Waals surface area (Å²) in [5, 5.41) is 0. The molecular formula is C10H22N2O2. The zero-order valence-corrected chi connectivity index (χ0v) is 9.62. The third-order valence-electron chi connectivity index (χ3n) is 2.54. The van der Waals surface area contributed by atoms with Crippen LogP contribution in [0.15, 0.2) is 0 Å². The number of hydrogen-bond acceptors (Lipinski definition) is 3. The Hall–Kier alpha value is -0.610. The number of methoxy groups -OCH3 is 1. The molecule has 0 spiro atoms. The van der Waals surface area contributed by atoms with Crippen LogP contribution in [0.2, 0.25) is 0 Å². The van der Waals surface area contributed by atoms with Gasteiger partial charge in [0, 0.05) is 20.7 Å². The molecule has 0 aliphatic heterocycles. The molecule has 0 aliphatic rings. The molecule has 0 rings (SSSR count). The van der Waals surface area contributed by atoms with E-state index in [1.807, 2.05) is 13.8 Å². The van der Waals surface area contributed by atoms with Crippen LogP contribution in [0.25, 0.3) is 0 Å². The van der Waals surface area contributed by atoms with Gasteiger partial charge in [0.2, 0.25) is 5.91 Å². The summed E-state index contributed by atoms with van der Waals surface area (Å²) in [7, 11) is 3.43. The fourth-order valence-electron chi connectivity index (χ4n) is 1.30. The first-order valence-electron chi connectivity index (χ1n) is 5.04. The van der Waals surface area contributed by atoms with E-state index in [0.717, 1.165) is 6.42 Å². The van der Waals surface area contributed by atoms with E-state index in [0.29, 0.717) is 13.2 Å². The topological polar surface area (TPSA) is 55.6 Å². The van der Waals surface area contributed by atoms with Crippen molar-refractivity contribution in [1.82, 2.24) is 4.90 Å². The van der Waals surface area contributed by atoms with Crippen LogP contribution in [0.5, 0.6) is 0 Å². The molecule has 0 saturated heterocycles. The molecule has 0 aromatic rings. The predicted molar refractivity (Wildman–Crippen MR) is 56.9 cm³/mol. The third-order valence-corrected chi connectivity index (χ3v) is 2.54. The molecule has 0 radical (unpaired) electrons. The first-order chi connectivity index (χ1) is 6.58. The fourth-order valence-corrected chi connectivity index (χ4v) is 1.30. The lowest BCUT2D eigenvalue weighted by atomic mass is 10.0. The molecule has 2 N–H and O–H groups in total. The molecule has 0 aliphatic carbocycles. The smallest absolute Gasteiger partial charge is 0.227 e. The Morgan fingerprint density at radius 2 is 2.14 bits per heavy atom. The van der Waals surface area contributed by atoms with Crippen LogP contribution in [0.3, 0.4) is 0 Å². The lowest BCUT2D eigenvalue weighted by Gasteiger charge is -2.27. The minimum atomic E-state index is -0.0562. The SMILES string of the molecule is CCC(CN)C(=O)N(C)C(C)COC. The Labute approximate surface area is 86.4 Å². The lowest BCUT2D eigenvalue weighted by Crippen LogP contribution is -2.43. The van der Waals surface area contributed by atoms with Gasteiger partial charge in [0.25, 0.3) is 0 Å². The maximum absolute atomic E-state index is 11.8. The number of ether oxygens (including phenoxy) is 1. The summed E-state index contributed by atoms with van der Waals surface area (Å²) in [4.78, 5) is 13.5. The highest BCUT2D eigenvalue weighted by molar-refractivity contribution is 5.79. The minimum absolute atomic E-state index is 0.0562. The third kappa shape index (κ3) is 3.64. The van der Waals surface area contributed by atoms with Crippen molar-refractivity contribution in [2.24, 2.45) is 11.7 Å². The number of likely N-dealkylation sites (N-methyl/N-ethyl adjacent to an activating group) is 1. The summed E-state index contributed by atoms with van der Waals surface area (Å²) in [6.07, 6.45) is 0.791. The second-order valence-electron chi connectivity index (χ2n) is 3.59. The molecule has 4 nitrogen and oxygen atoms in total. The van der Waals surface area contributed by atoms with E-state index in [1.165, 1.54) is 0 Å². The standard InChI is InChI=1S/C10H22N2O2/c1-5-9(6-11)10(13)12(3)8(2)7-14-4/h8-9H,5-7,11H2,1-4H3. The van der Waals surface area contributed by atoms with Crippen molar-refractivity contribution in [3.8, 4) is 0 Å². The normalized spacial score (nSPS) is 14.9. The summed E-state index contributed by atoms with van der Waals surface area (Å²) >= 11 is 0. The molecule has 4 heteroatoms. The van der Waals surface area contributed by atoms with Crippen molar-refractivity contribution in [2.45, 2.75) is 26.3 Å². The van der Waals surface area contributed by atoms with E-state index in [2.05, 4.69) is 0 Å². The van der Waals surface area contributed by atoms with Gasteiger partial charge >= 0.3 is 0 Å². The minimum Gasteiger partial charge on any atom is -0.383 e. The van der Waals surface area contributed by atoms with Crippen LogP contribution < -0.4 is 5.73 Å². The van der Waals surface area contributed by atoms with Crippen LogP contribution in [0.1, 0.15) is 20.3 Å².